The molecule has 0 spiro atoms. The Kier molecular flexibility index (Phi) is 7.18. The number of rotatable bonds is 7. The van der Waals surface area contributed by atoms with Gasteiger partial charge in [-0.05, 0) is 42.8 Å². The molecule has 2 rings (SSSR count). The quantitative estimate of drug-likeness (QED) is 0.700. The van der Waals surface area contributed by atoms with Crippen molar-refractivity contribution < 1.29 is 19.1 Å². The number of benzene rings is 2. The topological polar surface area (TPSA) is 76.7 Å². The number of carbonyl (C=O) groups is 2. The average Bonchev–Trinajstić information content (AvgIpc) is 2.63. The van der Waals surface area contributed by atoms with E-state index in [4.69, 9.17) is 9.47 Å². The van der Waals surface area contributed by atoms with Crippen LogP contribution in [0.1, 0.15) is 36.7 Å². The molecule has 0 radical (unpaired) electrons. The first-order valence-electron chi connectivity index (χ1n) is 9.16. The number of amides is 2. The largest absolute Gasteiger partial charge is 0.489 e. The molecular formula is C22H28N2O4. The van der Waals surface area contributed by atoms with Crippen LogP contribution in [0.2, 0.25) is 0 Å². The van der Waals surface area contributed by atoms with Gasteiger partial charge in [0.25, 0.3) is 5.91 Å². The molecule has 2 N–H and O–H groups in total. The third-order valence-corrected chi connectivity index (χ3v) is 3.99. The number of nitrogens with one attached hydrogen (secondary N) is 2. The lowest BCUT2D eigenvalue weighted by molar-refractivity contribution is -0.123. The van der Waals surface area contributed by atoms with Crippen molar-refractivity contribution in [3.05, 3.63) is 53.6 Å². The van der Waals surface area contributed by atoms with E-state index in [-0.39, 0.29) is 11.8 Å². The summed E-state index contributed by atoms with van der Waals surface area (Å²) in [6.45, 7) is 8.30. The molecule has 0 unspecified atom stereocenters. The second kappa shape index (κ2) is 9.37. The SMILES string of the molecule is COCCOc1cc(C)ccc1NC(=O)c1cccc(NC(=O)C(C)(C)C)c1. The van der Waals surface area contributed by atoms with E-state index in [1.54, 1.807) is 37.4 Å². The predicted octanol–water partition coefficient (Wildman–Crippen LogP) is 4.26. The van der Waals surface area contributed by atoms with Gasteiger partial charge in [-0.3, -0.25) is 9.59 Å². The summed E-state index contributed by atoms with van der Waals surface area (Å²) in [5.41, 5.74) is 2.10. The van der Waals surface area contributed by atoms with E-state index in [0.717, 1.165) is 5.56 Å². The number of carbonyl (C=O) groups excluding carboxylic acids is 2. The molecule has 0 fully saturated rings. The first kappa shape index (κ1) is 21.4. The van der Waals surface area contributed by atoms with Gasteiger partial charge in [0.15, 0.2) is 0 Å². The highest BCUT2D eigenvalue weighted by Crippen LogP contribution is 2.27. The fraction of sp³-hybridized carbons (Fsp3) is 0.364. The molecule has 0 saturated heterocycles. The molecule has 2 aromatic rings. The van der Waals surface area contributed by atoms with Crippen LogP contribution in [0.25, 0.3) is 0 Å². The zero-order valence-corrected chi connectivity index (χ0v) is 17.1. The van der Waals surface area contributed by atoms with Gasteiger partial charge in [0, 0.05) is 23.8 Å². The van der Waals surface area contributed by atoms with Gasteiger partial charge in [-0.25, -0.2) is 0 Å². The molecule has 6 heteroatoms. The van der Waals surface area contributed by atoms with Crippen LogP contribution in [-0.4, -0.2) is 32.1 Å². The molecule has 0 bridgehead atoms. The highest BCUT2D eigenvalue weighted by atomic mass is 16.5. The molecule has 0 aliphatic heterocycles. The summed E-state index contributed by atoms with van der Waals surface area (Å²) in [7, 11) is 1.60. The Morgan fingerprint density at radius 2 is 1.75 bits per heavy atom. The molecule has 6 nitrogen and oxygen atoms in total. The van der Waals surface area contributed by atoms with Crippen LogP contribution in [0.4, 0.5) is 11.4 Å². The minimum atomic E-state index is -0.519. The van der Waals surface area contributed by atoms with Gasteiger partial charge in [-0.2, -0.15) is 0 Å². The molecule has 28 heavy (non-hydrogen) atoms. The molecule has 0 aliphatic carbocycles. The molecule has 2 aromatic carbocycles. The van der Waals surface area contributed by atoms with E-state index < -0.39 is 5.41 Å². The van der Waals surface area contributed by atoms with Crippen LogP contribution in [0, 0.1) is 12.3 Å². The second-order valence-corrected chi connectivity index (χ2v) is 7.58. The Morgan fingerprint density at radius 1 is 1.00 bits per heavy atom. The zero-order valence-electron chi connectivity index (χ0n) is 17.1. The van der Waals surface area contributed by atoms with Crippen LogP contribution in [0.15, 0.2) is 42.5 Å². The third-order valence-electron chi connectivity index (χ3n) is 3.99. The minimum absolute atomic E-state index is 0.113. The van der Waals surface area contributed by atoms with Crippen LogP contribution >= 0.6 is 0 Å². The molecule has 0 heterocycles. The van der Waals surface area contributed by atoms with Crippen molar-refractivity contribution in [1.82, 2.24) is 0 Å². The summed E-state index contributed by atoms with van der Waals surface area (Å²) >= 11 is 0. The Labute approximate surface area is 166 Å². The minimum Gasteiger partial charge on any atom is -0.489 e. The number of hydrogen-bond acceptors (Lipinski definition) is 4. The number of aryl methyl sites for hydroxylation is 1. The first-order valence-corrected chi connectivity index (χ1v) is 9.16. The standard InChI is InChI=1S/C22H28N2O4/c1-15-9-10-18(19(13-15)28-12-11-27-5)24-20(25)16-7-6-8-17(14-16)23-21(26)22(2,3)4/h6-10,13-14H,11-12H2,1-5H3,(H,23,26)(H,24,25). The molecule has 0 aromatic heterocycles. The maximum atomic E-state index is 12.7. The lowest BCUT2D eigenvalue weighted by atomic mass is 9.95. The van der Waals surface area contributed by atoms with E-state index in [2.05, 4.69) is 10.6 Å². The van der Waals surface area contributed by atoms with Crippen LogP contribution in [-0.2, 0) is 9.53 Å². The maximum absolute atomic E-state index is 12.7. The van der Waals surface area contributed by atoms with Gasteiger partial charge >= 0.3 is 0 Å². The van der Waals surface area contributed by atoms with Crippen molar-refractivity contribution in [2.75, 3.05) is 31.0 Å². The summed E-state index contributed by atoms with van der Waals surface area (Å²) in [5, 5.41) is 5.71. The number of hydrogen-bond donors (Lipinski definition) is 2. The molecular weight excluding hydrogens is 356 g/mol. The fourth-order valence-corrected chi connectivity index (χ4v) is 2.34. The summed E-state index contributed by atoms with van der Waals surface area (Å²) in [4.78, 5) is 24.9. The highest BCUT2D eigenvalue weighted by Gasteiger charge is 2.21. The molecule has 0 aliphatic rings. The second-order valence-electron chi connectivity index (χ2n) is 7.58. The monoisotopic (exact) mass is 384 g/mol. The van der Waals surface area contributed by atoms with Gasteiger partial charge in [-0.1, -0.05) is 32.9 Å². The first-order chi connectivity index (χ1) is 13.2. The van der Waals surface area contributed by atoms with Crippen molar-refractivity contribution in [1.29, 1.82) is 0 Å². The van der Waals surface area contributed by atoms with Crippen LogP contribution in [0.3, 0.4) is 0 Å². The van der Waals surface area contributed by atoms with E-state index >= 15 is 0 Å². The van der Waals surface area contributed by atoms with Crippen molar-refractivity contribution in [2.24, 2.45) is 5.41 Å². The van der Waals surface area contributed by atoms with Crippen molar-refractivity contribution in [3.63, 3.8) is 0 Å². The molecule has 2 amide bonds. The Morgan fingerprint density at radius 3 is 2.43 bits per heavy atom. The van der Waals surface area contributed by atoms with Crippen molar-refractivity contribution in [3.8, 4) is 5.75 Å². The normalized spacial score (nSPS) is 11.0. The Bertz CT molecular complexity index is 841. The average molecular weight is 384 g/mol. The molecule has 0 atom stereocenters. The Hall–Kier alpha value is -2.86. The smallest absolute Gasteiger partial charge is 0.255 e. The lowest BCUT2D eigenvalue weighted by Crippen LogP contribution is -2.27. The van der Waals surface area contributed by atoms with Gasteiger partial charge in [0.1, 0.15) is 12.4 Å². The predicted molar refractivity (Wildman–Crippen MR) is 111 cm³/mol. The van der Waals surface area contributed by atoms with Gasteiger partial charge in [0.2, 0.25) is 5.91 Å². The van der Waals surface area contributed by atoms with Gasteiger partial charge in [-0.15, -0.1) is 0 Å². The summed E-state index contributed by atoms with van der Waals surface area (Å²) in [5.74, 6) is 0.187. The van der Waals surface area contributed by atoms with E-state index in [1.165, 1.54) is 0 Å². The van der Waals surface area contributed by atoms with Gasteiger partial charge < -0.3 is 20.1 Å². The molecule has 0 saturated carbocycles. The number of methoxy groups -OCH3 is 1. The van der Waals surface area contributed by atoms with Crippen molar-refractivity contribution in [2.45, 2.75) is 27.7 Å². The van der Waals surface area contributed by atoms with Gasteiger partial charge in [0.05, 0.1) is 12.3 Å². The van der Waals surface area contributed by atoms with Crippen LogP contribution in [0.5, 0.6) is 5.75 Å². The fourth-order valence-electron chi connectivity index (χ4n) is 2.34. The summed E-state index contributed by atoms with van der Waals surface area (Å²) < 4.78 is 10.7. The van der Waals surface area contributed by atoms with Crippen LogP contribution < -0.4 is 15.4 Å². The number of anilines is 2. The molecule has 150 valence electrons. The zero-order chi connectivity index (χ0) is 20.7. The van der Waals surface area contributed by atoms with Crippen molar-refractivity contribution >= 4 is 23.2 Å². The summed E-state index contributed by atoms with van der Waals surface area (Å²) in [6.07, 6.45) is 0. The maximum Gasteiger partial charge on any atom is 0.255 e. The van der Waals surface area contributed by atoms with E-state index in [0.29, 0.717) is 35.9 Å². The lowest BCUT2D eigenvalue weighted by Gasteiger charge is -2.18. The third kappa shape index (κ3) is 6.09. The summed E-state index contributed by atoms with van der Waals surface area (Å²) in [6, 6.07) is 12.4. The van der Waals surface area contributed by atoms with E-state index in [1.807, 2.05) is 39.8 Å². The van der Waals surface area contributed by atoms with E-state index in [9.17, 15) is 9.59 Å². The Balaban J connectivity index is 2.15. The number of ether oxygens (including phenoxy) is 2. The highest BCUT2D eigenvalue weighted by molar-refractivity contribution is 6.06.